The summed E-state index contributed by atoms with van der Waals surface area (Å²) < 4.78 is 23.1. The smallest absolute Gasteiger partial charge is 0.312 e. The SMILES string of the molecule is CO[C@H]1/C=C/O[C@@]2(C)Oc3c(C)c(O)c4c(c3C2=O)C(=O)C=C(NC(=O)C(C)C/C=C/[C@H](C)[C@H](O)[C@@H](C)[C@@H](O)[C@@H](C)[C@H](OC(C)=O)[C@@H]1C)C4=O. The van der Waals surface area contributed by atoms with Crippen molar-refractivity contribution in [2.45, 2.75) is 92.0 Å². The van der Waals surface area contributed by atoms with Gasteiger partial charge in [-0.3, -0.25) is 24.0 Å². The summed E-state index contributed by atoms with van der Waals surface area (Å²) in [6, 6.07) is 0. The Labute approximate surface area is 291 Å². The van der Waals surface area contributed by atoms with Crippen LogP contribution in [-0.2, 0) is 23.8 Å². The first-order valence-corrected chi connectivity index (χ1v) is 16.7. The molecular formula is C37H47NO12. The van der Waals surface area contributed by atoms with Crippen molar-refractivity contribution in [1.29, 1.82) is 0 Å². The van der Waals surface area contributed by atoms with E-state index >= 15 is 0 Å². The van der Waals surface area contributed by atoms with Crippen LogP contribution in [0, 0.1) is 36.5 Å². The third-order valence-electron chi connectivity index (χ3n) is 10.1. The predicted octanol–water partition coefficient (Wildman–Crippen LogP) is 3.71. The Kier molecular flexibility index (Phi) is 11.4. The zero-order valence-electron chi connectivity index (χ0n) is 29.8. The minimum absolute atomic E-state index is 0.0202. The maximum atomic E-state index is 13.9. The topological polar surface area (TPSA) is 195 Å². The highest BCUT2D eigenvalue weighted by Crippen LogP contribution is 2.48. The standard InChI is InChI=1S/C37H47NO12/c1-16-11-10-12-17(2)36(46)38-23-15-24(40)26-27(32(23)44)31(43)21(6)34-28(26)35(45)37(8,50-34)48-14-13-25(47-9)18(3)33(49-22(7)39)20(5)30(42)19(4)29(16)41/h10-11,13-20,25,29-30,33,41-43H,12H2,1-9H3,(H,38,46)/b11-10+,14-13+/t16-,17?,18+,19+,20+,25-,29-,30+,33+,37-/m0/s1. The number of rotatable bonds is 2. The van der Waals surface area contributed by atoms with Crippen LogP contribution in [-0.4, -0.2) is 81.9 Å². The fraction of sp³-hybridized carbons (Fsp3) is 0.541. The number of methoxy groups -OCH3 is 1. The summed E-state index contributed by atoms with van der Waals surface area (Å²) in [6.45, 7) is 12.5. The Bertz CT molecular complexity index is 1660. The van der Waals surface area contributed by atoms with E-state index in [0.29, 0.717) is 0 Å². The molecule has 0 fully saturated rings. The van der Waals surface area contributed by atoms with Gasteiger partial charge in [0.15, 0.2) is 5.78 Å². The van der Waals surface area contributed by atoms with Crippen molar-refractivity contribution in [3.63, 3.8) is 0 Å². The van der Waals surface area contributed by atoms with E-state index < -0.39 is 100 Å². The first-order chi connectivity index (χ1) is 23.4. The van der Waals surface area contributed by atoms with E-state index in [0.717, 1.165) is 6.08 Å². The summed E-state index contributed by atoms with van der Waals surface area (Å²) in [7, 11) is 1.42. The second-order valence-corrected chi connectivity index (χ2v) is 13.7. The fourth-order valence-electron chi connectivity index (χ4n) is 6.81. The number of aliphatic hydroxyl groups excluding tert-OH is 2. The lowest BCUT2D eigenvalue weighted by Gasteiger charge is -2.38. The second kappa shape index (κ2) is 14.9. The molecule has 4 N–H and O–H groups in total. The van der Waals surface area contributed by atoms with E-state index in [4.69, 9.17) is 18.9 Å². The molecule has 1 aromatic rings. The van der Waals surface area contributed by atoms with Crippen LogP contribution in [0.25, 0.3) is 0 Å². The number of amides is 1. The van der Waals surface area contributed by atoms with Crippen molar-refractivity contribution in [3.05, 3.63) is 58.5 Å². The Hall–Kier alpha value is -4.33. The molecule has 1 aromatic carbocycles. The van der Waals surface area contributed by atoms with Gasteiger partial charge in [-0.1, -0.05) is 46.8 Å². The lowest BCUT2D eigenvalue weighted by Crippen LogP contribution is -2.46. The molecule has 50 heavy (non-hydrogen) atoms. The number of phenols is 1. The zero-order valence-corrected chi connectivity index (χ0v) is 29.8. The third-order valence-corrected chi connectivity index (χ3v) is 10.1. The Morgan fingerprint density at radius 3 is 2.24 bits per heavy atom. The molecule has 0 radical (unpaired) electrons. The third kappa shape index (κ3) is 7.12. The van der Waals surface area contributed by atoms with Crippen LogP contribution in [0.4, 0.5) is 0 Å². The van der Waals surface area contributed by atoms with Crippen molar-refractivity contribution in [2.24, 2.45) is 29.6 Å². The molecule has 0 saturated carbocycles. The lowest BCUT2D eigenvalue weighted by molar-refractivity contribution is -0.160. The highest BCUT2D eigenvalue weighted by atomic mass is 16.7. The first-order valence-electron chi connectivity index (χ1n) is 16.7. The van der Waals surface area contributed by atoms with Gasteiger partial charge in [0, 0.05) is 62.2 Å². The fourth-order valence-corrected chi connectivity index (χ4v) is 6.81. The van der Waals surface area contributed by atoms with Crippen LogP contribution < -0.4 is 10.1 Å². The molecule has 3 aliphatic heterocycles. The average Bonchev–Trinajstić information content (AvgIpc) is 3.33. The number of ketones is 3. The molecule has 0 saturated heterocycles. The number of aromatic hydroxyl groups is 1. The Morgan fingerprint density at radius 2 is 1.62 bits per heavy atom. The van der Waals surface area contributed by atoms with E-state index in [-0.39, 0.29) is 34.6 Å². The van der Waals surface area contributed by atoms with E-state index in [1.807, 2.05) is 0 Å². The van der Waals surface area contributed by atoms with Crippen LogP contribution in [0.2, 0.25) is 0 Å². The molecule has 10 atom stereocenters. The molecule has 0 aromatic heterocycles. The van der Waals surface area contributed by atoms with Gasteiger partial charge in [0.25, 0.3) is 5.78 Å². The van der Waals surface area contributed by atoms with Gasteiger partial charge in [0.05, 0.1) is 47.0 Å². The number of hydrogen-bond donors (Lipinski definition) is 4. The Morgan fingerprint density at radius 1 is 0.960 bits per heavy atom. The number of Topliss-reactive ketones (excluding diaryl/α,β-unsaturated/α-hetero) is 2. The van der Waals surface area contributed by atoms with Gasteiger partial charge in [0.1, 0.15) is 17.6 Å². The van der Waals surface area contributed by atoms with E-state index in [2.05, 4.69) is 5.32 Å². The number of benzene rings is 1. The van der Waals surface area contributed by atoms with Gasteiger partial charge in [-0.15, -0.1) is 0 Å². The predicted molar refractivity (Wildman–Crippen MR) is 179 cm³/mol. The summed E-state index contributed by atoms with van der Waals surface area (Å²) in [6.07, 6.45) is 3.41. The molecular weight excluding hydrogens is 650 g/mol. The van der Waals surface area contributed by atoms with Gasteiger partial charge < -0.3 is 39.6 Å². The van der Waals surface area contributed by atoms with Gasteiger partial charge in [0.2, 0.25) is 11.7 Å². The van der Waals surface area contributed by atoms with Crippen LogP contribution in [0.15, 0.2) is 36.3 Å². The molecule has 0 spiro atoms. The maximum Gasteiger partial charge on any atom is 0.312 e. The van der Waals surface area contributed by atoms with Crippen molar-refractivity contribution in [2.75, 3.05) is 7.11 Å². The van der Waals surface area contributed by atoms with Gasteiger partial charge in [-0.2, -0.15) is 0 Å². The monoisotopic (exact) mass is 697 g/mol. The molecule has 1 unspecified atom stereocenters. The first kappa shape index (κ1) is 38.5. The molecule has 272 valence electrons. The summed E-state index contributed by atoms with van der Waals surface area (Å²) in [5.41, 5.74) is -1.36. The van der Waals surface area contributed by atoms with Gasteiger partial charge in [-0.05, 0) is 19.4 Å². The number of carbonyl (C=O) groups is 5. The molecule has 13 heteroatoms. The number of hydrogen-bond acceptors (Lipinski definition) is 12. The lowest BCUT2D eigenvalue weighted by atomic mass is 9.78. The molecule has 13 nitrogen and oxygen atoms in total. The molecule has 5 bridgehead atoms. The van der Waals surface area contributed by atoms with E-state index in [9.17, 15) is 39.3 Å². The highest BCUT2D eigenvalue weighted by molar-refractivity contribution is 6.30. The van der Waals surface area contributed by atoms with Crippen molar-refractivity contribution < 1.29 is 58.2 Å². The molecule has 4 aliphatic rings. The minimum Gasteiger partial charge on any atom is -0.507 e. The highest BCUT2D eigenvalue weighted by Gasteiger charge is 2.51. The summed E-state index contributed by atoms with van der Waals surface area (Å²) in [5.74, 6) is -9.35. The quantitative estimate of drug-likeness (QED) is 0.259. The summed E-state index contributed by atoms with van der Waals surface area (Å²) in [4.78, 5) is 66.3. The van der Waals surface area contributed by atoms with Crippen molar-refractivity contribution in [1.82, 2.24) is 5.32 Å². The normalized spacial score (nSPS) is 35.0. The Balaban J connectivity index is 1.80. The number of aliphatic hydroxyl groups is 2. The number of phenolic OH excluding ortho intramolecular Hbond substituents is 1. The molecule has 1 aliphatic carbocycles. The number of allylic oxidation sites excluding steroid dienone is 3. The second-order valence-electron chi connectivity index (χ2n) is 13.7. The van der Waals surface area contributed by atoms with Gasteiger partial charge in [-0.25, -0.2) is 0 Å². The van der Waals surface area contributed by atoms with E-state index in [1.54, 1.807) is 46.8 Å². The van der Waals surface area contributed by atoms with Crippen LogP contribution in [0.3, 0.4) is 0 Å². The number of fused-ring (bicyclic) bond motifs is 15. The summed E-state index contributed by atoms with van der Waals surface area (Å²) >= 11 is 0. The number of esters is 1. The number of ether oxygens (including phenoxy) is 4. The van der Waals surface area contributed by atoms with Crippen LogP contribution in [0.1, 0.15) is 91.5 Å². The number of nitrogens with one attached hydrogen (secondary N) is 1. The number of carbonyl (C=O) groups excluding carboxylic acids is 5. The molecule has 3 heterocycles. The van der Waals surface area contributed by atoms with Crippen LogP contribution in [0.5, 0.6) is 11.5 Å². The van der Waals surface area contributed by atoms with Gasteiger partial charge >= 0.3 is 11.8 Å². The van der Waals surface area contributed by atoms with Crippen molar-refractivity contribution in [3.8, 4) is 11.5 Å². The van der Waals surface area contributed by atoms with E-state index in [1.165, 1.54) is 40.2 Å². The van der Waals surface area contributed by atoms with Crippen molar-refractivity contribution >= 4 is 29.2 Å². The van der Waals surface area contributed by atoms with Crippen LogP contribution >= 0.6 is 0 Å². The molecule has 1 amide bonds. The zero-order chi connectivity index (χ0) is 37.4. The molecule has 5 rings (SSSR count). The maximum absolute atomic E-state index is 13.9. The minimum atomic E-state index is -2.02. The average molecular weight is 698 g/mol. The summed E-state index contributed by atoms with van der Waals surface area (Å²) in [5, 5.41) is 36.2. The largest absolute Gasteiger partial charge is 0.507 e.